The molecule has 1 aromatic rings. The Balaban J connectivity index is 1.97. The molecule has 1 aliphatic rings. The number of hydrogen-bond acceptors (Lipinski definition) is 5. The lowest BCUT2D eigenvalue weighted by molar-refractivity contribution is 0.174. The van der Waals surface area contributed by atoms with Crippen LogP contribution in [0.5, 0.6) is 0 Å². The maximum atomic E-state index is 5.66. The van der Waals surface area contributed by atoms with Crippen LogP contribution in [0.3, 0.4) is 0 Å². The fourth-order valence-corrected chi connectivity index (χ4v) is 1.48. The van der Waals surface area contributed by atoms with Crippen LogP contribution in [0.4, 0.5) is 0 Å². The Labute approximate surface area is 76.3 Å². The molecule has 0 radical (unpaired) electrons. The maximum Gasteiger partial charge on any atom is 0.229 e. The lowest BCUT2D eigenvalue weighted by atomic mass is 9.81. The van der Waals surface area contributed by atoms with E-state index in [9.17, 15) is 0 Å². The first-order chi connectivity index (χ1) is 6.29. The summed E-state index contributed by atoms with van der Waals surface area (Å²) in [5.41, 5.74) is 5.66. The van der Waals surface area contributed by atoms with E-state index in [1.165, 1.54) is 0 Å². The lowest BCUT2D eigenvalue weighted by Gasteiger charge is -2.28. The minimum Gasteiger partial charge on any atom is -0.377 e. The first-order valence-electron chi connectivity index (χ1n) is 4.36. The molecule has 0 unspecified atom stereocenters. The van der Waals surface area contributed by atoms with Crippen LogP contribution in [-0.4, -0.2) is 23.3 Å². The highest BCUT2D eigenvalue weighted by Gasteiger charge is 2.31. The molecule has 13 heavy (non-hydrogen) atoms. The second kappa shape index (κ2) is 3.43. The van der Waals surface area contributed by atoms with Gasteiger partial charge in [-0.2, -0.15) is 4.98 Å². The zero-order valence-corrected chi connectivity index (χ0v) is 7.56. The average molecular weight is 183 g/mol. The number of hydrogen-bond donors (Lipinski definition) is 1. The molecule has 1 heterocycles. The zero-order chi connectivity index (χ0) is 9.26. The van der Waals surface area contributed by atoms with E-state index in [2.05, 4.69) is 10.1 Å². The molecule has 1 aromatic heterocycles. The van der Waals surface area contributed by atoms with Gasteiger partial charge in [0.15, 0.2) is 5.82 Å². The third-order valence-electron chi connectivity index (χ3n) is 2.28. The van der Waals surface area contributed by atoms with E-state index in [-0.39, 0.29) is 0 Å². The lowest BCUT2D eigenvalue weighted by Crippen LogP contribution is -2.34. The molecule has 0 spiro atoms. The SMILES string of the molecule is COCc1noc(C2CC(N)C2)n1. The summed E-state index contributed by atoms with van der Waals surface area (Å²) in [6.07, 6.45) is 1.91. The predicted molar refractivity (Wildman–Crippen MR) is 45.0 cm³/mol. The summed E-state index contributed by atoms with van der Waals surface area (Å²) in [5, 5.41) is 3.78. The van der Waals surface area contributed by atoms with E-state index in [1.54, 1.807) is 7.11 Å². The Morgan fingerprint density at radius 3 is 3.00 bits per heavy atom. The van der Waals surface area contributed by atoms with Crippen LogP contribution in [-0.2, 0) is 11.3 Å². The van der Waals surface area contributed by atoms with Crippen molar-refractivity contribution >= 4 is 0 Å². The Kier molecular flexibility index (Phi) is 2.28. The number of ether oxygens (including phenoxy) is 1. The van der Waals surface area contributed by atoms with Crippen LogP contribution in [0.15, 0.2) is 4.52 Å². The van der Waals surface area contributed by atoms with Crippen molar-refractivity contribution in [3.8, 4) is 0 Å². The van der Waals surface area contributed by atoms with Gasteiger partial charge in [0.1, 0.15) is 6.61 Å². The summed E-state index contributed by atoms with van der Waals surface area (Å²) < 4.78 is 9.96. The van der Waals surface area contributed by atoms with E-state index in [1.807, 2.05) is 0 Å². The molecule has 72 valence electrons. The van der Waals surface area contributed by atoms with Crippen molar-refractivity contribution in [3.63, 3.8) is 0 Å². The van der Waals surface area contributed by atoms with Crippen molar-refractivity contribution in [2.24, 2.45) is 5.73 Å². The highest BCUT2D eigenvalue weighted by molar-refractivity contribution is 5.02. The molecule has 0 bridgehead atoms. The van der Waals surface area contributed by atoms with Gasteiger partial charge in [-0.05, 0) is 12.8 Å². The van der Waals surface area contributed by atoms with Gasteiger partial charge in [-0.25, -0.2) is 0 Å². The van der Waals surface area contributed by atoms with Crippen LogP contribution in [0.25, 0.3) is 0 Å². The summed E-state index contributed by atoms with van der Waals surface area (Å²) in [6.45, 7) is 0.405. The van der Waals surface area contributed by atoms with Crippen molar-refractivity contribution in [1.82, 2.24) is 10.1 Å². The largest absolute Gasteiger partial charge is 0.377 e. The molecule has 0 aromatic carbocycles. The van der Waals surface area contributed by atoms with Crippen LogP contribution in [0.1, 0.15) is 30.5 Å². The molecule has 5 heteroatoms. The van der Waals surface area contributed by atoms with E-state index in [4.69, 9.17) is 15.0 Å². The van der Waals surface area contributed by atoms with Crippen LogP contribution >= 0.6 is 0 Å². The van der Waals surface area contributed by atoms with Crippen LogP contribution < -0.4 is 5.73 Å². The van der Waals surface area contributed by atoms with Gasteiger partial charge < -0.3 is 15.0 Å². The fraction of sp³-hybridized carbons (Fsp3) is 0.750. The highest BCUT2D eigenvalue weighted by atomic mass is 16.5. The van der Waals surface area contributed by atoms with Crippen molar-refractivity contribution < 1.29 is 9.26 Å². The molecule has 5 nitrogen and oxygen atoms in total. The second-order valence-electron chi connectivity index (χ2n) is 3.41. The molecule has 1 fully saturated rings. The van der Waals surface area contributed by atoms with Crippen molar-refractivity contribution in [1.29, 1.82) is 0 Å². The monoisotopic (exact) mass is 183 g/mol. The van der Waals surface area contributed by atoms with Crippen molar-refractivity contribution in [2.75, 3.05) is 7.11 Å². The van der Waals surface area contributed by atoms with Crippen molar-refractivity contribution in [3.05, 3.63) is 11.7 Å². The molecule has 0 aliphatic heterocycles. The minimum absolute atomic E-state index is 0.308. The van der Waals surface area contributed by atoms with Crippen LogP contribution in [0.2, 0.25) is 0 Å². The molecule has 2 rings (SSSR count). The van der Waals surface area contributed by atoms with Gasteiger partial charge >= 0.3 is 0 Å². The van der Waals surface area contributed by atoms with Gasteiger partial charge in [-0.3, -0.25) is 0 Å². The van der Waals surface area contributed by atoms with E-state index in [0.717, 1.165) is 12.8 Å². The van der Waals surface area contributed by atoms with Crippen LogP contribution in [0, 0.1) is 0 Å². The highest BCUT2D eigenvalue weighted by Crippen LogP contribution is 2.34. The normalized spacial score (nSPS) is 27.2. The Hall–Kier alpha value is -0.940. The first kappa shape index (κ1) is 8.65. The second-order valence-corrected chi connectivity index (χ2v) is 3.41. The summed E-state index contributed by atoms with van der Waals surface area (Å²) in [7, 11) is 1.61. The third-order valence-corrected chi connectivity index (χ3v) is 2.28. The zero-order valence-electron chi connectivity index (χ0n) is 7.56. The molecule has 0 atom stereocenters. The summed E-state index contributed by atoms with van der Waals surface area (Å²) in [6, 6.07) is 0.308. The summed E-state index contributed by atoms with van der Waals surface area (Å²) >= 11 is 0. The van der Waals surface area contributed by atoms with Crippen molar-refractivity contribution in [2.45, 2.75) is 31.4 Å². The molecule has 2 N–H and O–H groups in total. The smallest absolute Gasteiger partial charge is 0.229 e. The molecular weight excluding hydrogens is 170 g/mol. The Bertz CT molecular complexity index is 281. The van der Waals surface area contributed by atoms with Gasteiger partial charge in [0.05, 0.1) is 0 Å². The van der Waals surface area contributed by atoms with Gasteiger partial charge in [0.25, 0.3) is 0 Å². The quantitative estimate of drug-likeness (QED) is 0.735. The molecule has 1 aliphatic carbocycles. The number of aromatic nitrogens is 2. The molecule has 1 saturated carbocycles. The number of nitrogens with two attached hydrogens (primary N) is 1. The average Bonchev–Trinajstić information content (AvgIpc) is 2.48. The predicted octanol–water partition coefficient (Wildman–Crippen LogP) is 0.421. The number of rotatable bonds is 3. The van der Waals surface area contributed by atoms with Gasteiger partial charge in [-0.1, -0.05) is 5.16 Å². The fourth-order valence-electron chi connectivity index (χ4n) is 1.48. The molecule has 0 amide bonds. The number of methoxy groups -OCH3 is 1. The van der Waals surface area contributed by atoms with E-state index >= 15 is 0 Å². The van der Waals surface area contributed by atoms with Gasteiger partial charge in [0.2, 0.25) is 5.89 Å². The Morgan fingerprint density at radius 2 is 2.38 bits per heavy atom. The van der Waals surface area contributed by atoms with Gasteiger partial charge in [0, 0.05) is 19.1 Å². The van der Waals surface area contributed by atoms with Gasteiger partial charge in [-0.15, -0.1) is 0 Å². The summed E-state index contributed by atoms with van der Waals surface area (Å²) in [5.74, 6) is 1.68. The third kappa shape index (κ3) is 1.71. The summed E-state index contributed by atoms with van der Waals surface area (Å²) in [4.78, 5) is 4.20. The molecular formula is C8H13N3O2. The standard InChI is InChI=1S/C8H13N3O2/c1-12-4-7-10-8(13-11-7)5-2-6(9)3-5/h5-6H,2-4,9H2,1H3. The Morgan fingerprint density at radius 1 is 1.62 bits per heavy atom. The molecule has 0 saturated heterocycles. The van der Waals surface area contributed by atoms with E-state index in [0.29, 0.717) is 30.3 Å². The first-order valence-corrected chi connectivity index (χ1v) is 4.36. The minimum atomic E-state index is 0.308. The number of nitrogens with zero attached hydrogens (tertiary/aromatic N) is 2. The topological polar surface area (TPSA) is 74.2 Å². The van der Waals surface area contributed by atoms with E-state index < -0.39 is 0 Å². The maximum absolute atomic E-state index is 5.66.